The highest BCUT2D eigenvalue weighted by Gasteiger charge is 2.25. The molecule has 7 aromatic carbocycles. The molecule has 0 aliphatic carbocycles. The zero-order valence-corrected chi connectivity index (χ0v) is 26.7. The Bertz CT molecular complexity index is 2660. The van der Waals surface area contributed by atoms with E-state index in [2.05, 4.69) is 171 Å². The molecule has 224 valence electrons. The lowest BCUT2D eigenvalue weighted by atomic mass is 9.87. The van der Waals surface area contributed by atoms with Gasteiger partial charge in [-0.05, 0) is 58.3 Å². The molecule has 0 saturated heterocycles. The van der Waals surface area contributed by atoms with Crippen LogP contribution in [-0.2, 0) is 5.41 Å². The highest BCUT2D eigenvalue weighted by atomic mass is 15.0. The Morgan fingerprint density at radius 3 is 1.68 bits per heavy atom. The van der Waals surface area contributed by atoms with Crippen molar-refractivity contribution in [1.82, 2.24) is 14.5 Å². The molecule has 9 rings (SSSR count). The Morgan fingerprint density at radius 2 is 0.979 bits per heavy atom. The topological polar surface area (TPSA) is 30.7 Å². The lowest BCUT2D eigenvalue weighted by Gasteiger charge is -2.23. The number of rotatable bonds is 3. The van der Waals surface area contributed by atoms with Crippen molar-refractivity contribution in [3.8, 4) is 28.1 Å². The summed E-state index contributed by atoms with van der Waals surface area (Å²) in [6.07, 6.45) is 0. The van der Waals surface area contributed by atoms with Crippen molar-refractivity contribution < 1.29 is 0 Å². The van der Waals surface area contributed by atoms with Crippen molar-refractivity contribution in [3.63, 3.8) is 0 Å². The number of benzene rings is 7. The van der Waals surface area contributed by atoms with Crippen LogP contribution >= 0.6 is 0 Å². The van der Waals surface area contributed by atoms with Crippen LogP contribution in [0.15, 0.2) is 146 Å². The zero-order valence-electron chi connectivity index (χ0n) is 26.7. The molecule has 0 saturated carbocycles. The molecule has 0 radical (unpaired) electrons. The van der Waals surface area contributed by atoms with Gasteiger partial charge in [0.15, 0.2) is 0 Å². The smallest absolute Gasteiger partial charge is 0.0979 e. The predicted octanol–water partition coefficient (Wildman–Crippen LogP) is 11.7. The molecule has 9 aromatic rings. The summed E-state index contributed by atoms with van der Waals surface area (Å²) < 4.78 is 2.36. The molecule has 0 aliphatic rings. The zero-order chi connectivity index (χ0) is 31.7. The third-order valence-electron chi connectivity index (χ3n) is 9.42. The first-order chi connectivity index (χ1) is 23.0. The molecule has 0 spiro atoms. The highest BCUT2D eigenvalue weighted by Crippen LogP contribution is 2.40. The molecule has 0 fully saturated rings. The maximum atomic E-state index is 5.49. The molecule has 47 heavy (non-hydrogen) atoms. The summed E-state index contributed by atoms with van der Waals surface area (Å²) in [5.41, 5.74) is 10.6. The number of hydrogen-bond acceptors (Lipinski definition) is 2. The Morgan fingerprint density at radius 1 is 0.426 bits per heavy atom. The average molecular weight is 604 g/mol. The molecular formula is C44H33N3. The van der Waals surface area contributed by atoms with Gasteiger partial charge in [-0.3, -0.25) is 0 Å². The summed E-state index contributed by atoms with van der Waals surface area (Å²) in [6.45, 7) is 6.70. The van der Waals surface area contributed by atoms with Crippen LogP contribution in [0, 0.1) is 0 Å². The van der Waals surface area contributed by atoms with Gasteiger partial charge in [0.25, 0.3) is 0 Å². The minimum atomic E-state index is -0.211. The summed E-state index contributed by atoms with van der Waals surface area (Å²) in [7, 11) is 0. The maximum absolute atomic E-state index is 5.49. The first-order valence-corrected chi connectivity index (χ1v) is 16.3. The van der Waals surface area contributed by atoms with E-state index < -0.39 is 0 Å². The predicted molar refractivity (Wildman–Crippen MR) is 198 cm³/mol. The normalized spacial score (nSPS) is 12.1. The van der Waals surface area contributed by atoms with Crippen LogP contribution in [0.2, 0.25) is 0 Å². The molecule has 3 nitrogen and oxygen atoms in total. The minimum Gasteiger partial charge on any atom is -0.309 e. The molecule has 3 heteroatoms. The van der Waals surface area contributed by atoms with Crippen LogP contribution in [0.4, 0.5) is 0 Å². The van der Waals surface area contributed by atoms with E-state index >= 15 is 0 Å². The van der Waals surface area contributed by atoms with Crippen molar-refractivity contribution in [2.24, 2.45) is 0 Å². The Kier molecular flexibility index (Phi) is 6.07. The van der Waals surface area contributed by atoms with Crippen LogP contribution in [0.3, 0.4) is 0 Å². The molecule has 0 bridgehead atoms. The van der Waals surface area contributed by atoms with E-state index in [-0.39, 0.29) is 5.41 Å². The molecule has 0 amide bonds. The van der Waals surface area contributed by atoms with Gasteiger partial charge < -0.3 is 4.57 Å². The van der Waals surface area contributed by atoms with Gasteiger partial charge in [0.05, 0.1) is 33.5 Å². The van der Waals surface area contributed by atoms with Crippen molar-refractivity contribution in [1.29, 1.82) is 0 Å². The van der Waals surface area contributed by atoms with Crippen molar-refractivity contribution in [2.45, 2.75) is 26.2 Å². The van der Waals surface area contributed by atoms with Crippen LogP contribution in [0.25, 0.3) is 82.5 Å². The van der Waals surface area contributed by atoms with Gasteiger partial charge in [0, 0.05) is 38.2 Å². The van der Waals surface area contributed by atoms with Gasteiger partial charge >= 0.3 is 0 Å². The maximum Gasteiger partial charge on any atom is 0.0979 e. The minimum absolute atomic E-state index is 0.211. The monoisotopic (exact) mass is 603 g/mol. The molecule has 2 heterocycles. The van der Waals surface area contributed by atoms with E-state index in [9.17, 15) is 0 Å². The second-order valence-electron chi connectivity index (χ2n) is 13.5. The van der Waals surface area contributed by atoms with Crippen LogP contribution in [0.1, 0.15) is 26.5 Å². The third kappa shape index (κ3) is 4.34. The van der Waals surface area contributed by atoms with E-state index in [1.807, 2.05) is 0 Å². The van der Waals surface area contributed by atoms with E-state index in [0.29, 0.717) is 0 Å². The number of aromatic nitrogens is 3. The van der Waals surface area contributed by atoms with Gasteiger partial charge in [-0.15, -0.1) is 0 Å². The first-order valence-electron chi connectivity index (χ1n) is 16.3. The summed E-state index contributed by atoms with van der Waals surface area (Å²) in [5.74, 6) is 0. The fourth-order valence-corrected chi connectivity index (χ4v) is 7.24. The second-order valence-corrected chi connectivity index (χ2v) is 13.5. The Balaban J connectivity index is 1.26. The second kappa shape index (κ2) is 10.4. The number of hydrogen-bond donors (Lipinski definition) is 0. The summed E-state index contributed by atoms with van der Waals surface area (Å²) in [5, 5.41) is 7.18. The van der Waals surface area contributed by atoms with Gasteiger partial charge in [0.1, 0.15) is 0 Å². The number of para-hydroxylation sites is 2. The highest BCUT2D eigenvalue weighted by molar-refractivity contribution is 6.23. The van der Waals surface area contributed by atoms with Crippen molar-refractivity contribution in [3.05, 3.63) is 151 Å². The fraction of sp³-hybridized carbons (Fsp3) is 0.0909. The molecule has 0 aliphatic heterocycles. The van der Waals surface area contributed by atoms with Gasteiger partial charge in [-0.1, -0.05) is 130 Å². The third-order valence-corrected chi connectivity index (χ3v) is 9.42. The lowest BCUT2D eigenvalue weighted by molar-refractivity contribution is 0.571. The van der Waals surface area contributed by atoms with Gasteiger partial charge in [-0.25, -0.2) is 9.97 Å². The number of nitrogens with zero attached hydrogens (tertiary/aromatic N) is 3. The first kappa shape index (κ1) is 27.5. The largest absolute Gasteiger partial charge is 0.309 e. The average Bonchev–Trinajstić information content (AvgIpc) is 3.45. The molecular weight excluding hydrogens is 571 g/mol. The summed E-state index contributed by atoms with van der Waals surface area (Å²) in [6, 6.07) is 52.1. The summed E-state index contributed by atoms with van der Waals surface area (Å²) >= 11 is 0. The van der Waals surface area contributed by atoms with E-state index in [0.717, 1.165) is 44.3 Å². The van der Waals surface area contributed by atoms with E-state index in [1.165, 1.54) is 43.8 Å². The van der Waals surface area contributed by atoms with Crippen LogP contribution in [-0.4, -0.2) is 14.5 Å². The van der Waals surface area contributed by atoms with Crippen LogP contribution < -0.4 is 0 Å². The lowest BCUT2D eigenvalue weighted by Crippen LogP contribution is -2.16. The van der Waals surface area contributed by atoms with Crippen LogP contribution in [0.5, 0.6) is 0 Å². The van der Waals surface area contributed by atoms with Crippen molar-refractivity contribution in [2.75, 3.05) is 0 Å². The quantitative estimate of drug-likeness (QED) is 0.188. The van der Waals surface area contributed by atoms with E-state index in [4.69, 9.17) is 9.97 Å². The SMILES string of the molecule is CC(C)(C)c1nc2c3ccccc3c3ccccc3c2nc1-c1cccc(-c2ccc3c(c2)c2ccccc2n3-c2ccccc2)c1. The molecule has 0 unspecified atom stereocenters. The van der Waals surface area contributed by atoms with Gasteiger partial charge in [-0.2, -0.15) is 0 Å². The van der Waals surface area contributed by atoms with Crippen molar-refractivity contribution >= 4 is 54.4 Å². The fourth-order valence-electron chi connectivity index (χ4n) is 7.24. The molecule has 2 aromatic heterocycles. The Hall–Kier alpha value is -5.80. The van der Waals surface area contributed by atoms with E-state index in [1.54, 1.807) is 0 Å². The molecule has 0 N–H and O–H groups in total. The molecule has 0 atom stereocenters. The Labute approximate surface area is 273 Å². The van der Waals surface area contributed by atoms with Gasteiger partial charge in [0.2, 0.25) is 0 Å². The summed E-state index contributed by atoms with van der Waals surface area (Å²) in [4.78, 5) is 10.9. The number of fused-ring (bicyclic) bond motifs is 9. The standard InChI is InChI=1S/C44H33N3/c1-44(2,3)43-40(45-41-35-21-9-7-18-32(35)33-19-8-10-22-36(33)42(41)46-43)30-15-13-14-28(26-30)29-24-25-39-37(27-29)34-20-11-12-23-38(34)47(39)31-16-5-4-6-17-31/h4-27H,1-3H3.